The Bertz CT molecular complexity index is 2000. The zero-order chi connectivity index (χ0) is 56.6. The Kier molecular flexibility index (Phi) is 34.7. The summed E-state index contributed by atoms with van der Waals surface area (Å²) in [5.74, 6) is 6.57. The van der Waals surface area contributed by atoms with Crippen molar-refractivity contribution in [2.24, 2.45) is 11.8 Å². The maximum absolute atomic E-state index is 7.32. The Hall–Kier alpha value is -3.60. The Morgan fingerprint density at radius 2 is 0.568 bits per heavy atom. The molecule has 452 valence electrons. The van der Waals surface area contributed by atoms with E-state index in [9.17, 15) is 0 Å². The van der Waals surface area contributed by atoms with Crippen LogP contribution in [0.15, 0.2) is 61.2 Å². The molecule has 0 bridgehead atoms. The molecule has 0 N–H and O–H groups in total. The van der Waals surface area contributed by atoms with E-state index in [0.29, 0.717) is 23.7 Å². The fourth-order valence-electron chi connectivity index (χ4n) is 13.7. The lowest BCUT2D eigenvalue weighted by Gasteiger charge is -2.29. The number of aryl methyl sites for hydroxylation is 4. The van der Waals surface area contributed by atoms with Gasteiger partial charge in [-0.2, -0.15) is 0 Å². The minimum atomic E-state index is 0.473. The molecule has 0 amide bonds. The number of unbranched alkanes of at least 4 members (excludes halogenated alkanes) is 30. The van der Waals surface area contributed by atoms with Crippen molar-refractivity contribution in [1.29, 1.82) is 0 Å². The van der Waals surface area contributed by atoms with Crippen LogP contribution >= 0.6 is 0 Å². The third-order valence-corrected chi connectivity index (χ3v) is 19.1. The molecule has 2 saturated carbocycles. The Labute approximate surface area is 499 Å². The smallest absolute Gasteiger partial charge is 0.131 e. The molecule has 0 saturated heterocycles. The summed E-state index contributed by atoms with van der Waals surface area (Å²) in [4.78, 5) is 20.0. The van der Waals surface area contributed by atoms with Gasteiger partial charge in [-0.05, 0) is 173 Å². The van der Waals surface area contributed by atoms with Crippen LogP contribution in [-0.4, -0.2) is 19.9 Å². The minimum absolute atomic E-state index is 0.473. The van der Waals surface area contributed by atoms with E-state index >= 15 is 0 Å². The summed E-state index contributed by atoms with van der Waals surface area (Å²) >= 11 is 0. The van der Waals surface area contributed by atoms with E-state index in [-0.39, 0.29) is 0 Å². The van der Waals surface area contributed by atoms with Gasteiger partial charge in [0, 0.05) is 36.6 Å². The quantitative estimate of drug-likeness (QED) is 0.0413. The van der Waals surface area contributed by atoms with Crippen molar-refractivity contribution in [2.45, 2.75) is 348 Å². The minimum Gasteiger partial charge on any atom is -0.457 e. The van der Waals surface area contributed by atoms with Crippen LogP contribution in [0.2, 0.25) is 0 Å². The zero-order valence-electron chi connectivity index (χ0n) is 53.2. The summed E-state index contributed by atoms with van der Waals surface area (Å²) in [5, 5.41) is 0. The van der Waals surface area contributed by atoms with Crippen LogP contribution in [0.5, 0.6) is 11.5 Å². The molecular formula is C76H122N4O. The number of benzene rings is 2. The van der Waals surface area contributed by atoms with E-state index in [0.717, 1.165) is 48.8 Å². The van der Waals surface area contributed by atoms with Gasteiger partial charge in [-0.15, -0.1) is 0 Å². The zero-order valence-corrected chi connectivity index (χ0v) is 53.2. The van der Waals surface area contributed by atoms with Gasteiger partial charge in [0.1, 0.15) is 23.1 Å². The van der Waals surface area contributed by atoms with E-state index in [2.05, 4.69) is 88.9 Å². The lowest BCUT2D eigenvalue weighted by atomic mass is 9.78. The van der Waals surface area contributed by atoms with Crippen molar-refractivity contribution in [3.8, 4) is 11.5 Å². The summed E-state index contributed by atoms with van der Waals surface area (Å²) < 4.78 is 7.32. The number of ether oxygens (including phenoxy) is 1. The Morgan fingerprint density at radius 3 is 0.852 bits per heavy atom. The van der Waals surface area contributed by atoms with E-state index in [1.807, 2.05) is 0 Å². The van der Waals surface area contributed by atoms with Crippen molar-refractivity contribution < 1.29 is 4.74 Å². The third kappa shape index (κ3) is 27.3. The summed E-state index contributed by atoms with van der Waals surface area (Å²) in [6.07, 6.45) is 71.3. The number of rotatable bonds is 46. The van der Waals surface area contributed by atoms with E-state index < -0.39 is 0 Å². The lowest BCUT2D eigenvalue weighted by Crippen LogP contribution is -2.18. The first-order valence-electron chi connectivity index (χ1n) is 35.6. The molecule has 2 fully saturated rings. The summed E-state index contributed by atoms with van der Waals surface area (Å²) in [5.41, 5.74) is 8.45. The molecule has 5 heteroatoms. The first kappa shape index (κ1) is 66.5. The number of nitrogens with zero attached hydrogens (tertiary/aromatic N) is 4. The predicted octanol–water partition coefficient (Wildman–Crippen LogP) is 23.6. The van der Waals surface area contributed by atoms with Crippen molar-refractivity contribution in [1.82, 2.24) is 19.9 Å². The van der Waals surface area contributed by atoms with Crippen LogP contribution in [-0.2, 0) is 38.5 Å². The van der Waals surface area contributed by atoms with Crippen LogP contribution in [0.3, 0.4) is 0 Å². The van der Waals surface area contributed by atoms with Crippen molar-refractivity contribution in [2.75, 3.05) is 0 Å². The Morgan fingerprint density at radius 1 is 0.309 bits per heavy atom. The lowest BCUT2D eigenvalue weighted by molar-refractivity contribution is 0.312. The second kappa shape index (κ2) is 42.2. The standard InChI is InChI=1S/C76H122N4O/c1-5-9-13-17-21-23-25-29-31-35-39-63-47-53-73(71(55-63)57-65-43-49-69(50-44-65)75-77-59-67(60-78-75)41-37-33-27-19-15-11-7-3)81-74-54-48-64(40-36-32-30-26-24-22-18-14-10-6-2)56-72(74)58-66-45-51-70(52-46-66)76-79-61-68(62-80-76)42-38-34-28-20-16-12-8-4/h47-48,53-56,59-62,65-66,69-70H,5-46,49-52,57-58H2,1-4H3. The molecule has 4 aromatic rings. The highest BCUT2D eigenvalue weighted by Crippen LogP contribution is 2.41. The van der Waals surface area contributed by atoms with Crippen molar-refractivity contribution >= 4 is 0 Å². The molecule has 0 unspecified atom stereocenters. The average Bonchev–Trinajstić information content (AvgIpc) is 3.49. The second-order valence-corrected chi connectivity index (χ2v) is 26.3. The molecule has 2 aliphatic carbocycles. The van der Waals surface area contributed by atoms with Gasteiger partial charge in [-0.3, -0.25) is 0 Å². The van der Waals surface area contributed by atoms with Crippen LogP contribution in [0, 0.1) is 11.8 Å². The molecule has 2 aliphatic rings. The van der Waals surface area contributed by atoms with Gasteiger partial charge in [-0.1, -0.05) is 245 Å². The molecule has 2 aromatic heterocycles. The van der Waals surface area contributed by atoms with Crippen LogP contribution in [0.1, 0.15) is 354 Å². The SMILES string of the molecule is CCCCCCCCCCCCc1ccc(Oc2ccc(CCCCCCCCCCCC)cc2CC2CCC(c3ncc(CCCCCCCCC)cn3)CC2)c(CC2CCC(c3ncc(CCCCCCCCC)cn3)CC2)c1. The van der Waals surface area contributed by atoms with Gasteiger partial charge >= 0.3 is 0 Å². The van der Waals surface area contributed by atoms with Gasteiger partial charge < -0.3 is 4.74 Å². The number of hydrogen-bond acceptors (Lipinski definition) is 5. The second-order valence-electron chi connectivity index (χ2n) is 26.3. The highest BCUT2D eigenvalue weighted by Gasteiger charge is 2.28. The molecule has 0 aliphatic heterocycles. The molecule has 2 heterocycles. The Balaban J connectivity index is 1.09. The number of aromatic nitrogens is 4. The molecule has 0 spiro atoms. The molecule has 0 atom stereocenters. The average molecular weight is 1110 g/mol. The maximum atomic E-state index is 7.32. The van der Waals surface area contributed by atoms with E-state index in [1.165, 1.54) is 316 Å². The summed E-state index contributed by atoms with van der Waals surface area (Å²) in [6, 6.07) is 14.7. The van der Waals surface area contributed by atoms with Crippen LogP contribution in [0.4, 0.5) is 0 Å². The highest BCUT2D eigenvalue weighted by atomic mass is 16.5. The van der Waals surface area contributed by atoms with Crippen molar-refractivity contribution in [3.63, 3.8) is 0 Å². The van der Waals surface area contributed by atoms with E-state index in [1.54, 1.807) is 0 Å². The molecule has 81 heavy (non-hydrogen) atoms. The normalized spacial score (nSPS) is 17.5. The maximum Gasteiger partial charge on any atom is 0.131 e. The molecular weight excluding hydrogens is 985 g/mol. The first-order valence-corrected chi connectivity index (χ1v) is 35.6. The number of hydrogen-bond donors (Lipinski definition) is 0. The summed E-state index contributed by atoms with van der Waals surface area (Å²) in [7, 11) is 0. The fourth-order valence-corrected chi connectivity index (χ4v) is 13.7. The van der Waals surface area contributed by atoms with Gasteiger partial charge in [0.15, 0.2) is 0 Å². The van der Waals surface area contributed by atoms with Gasteiger partial charge in [0.05, 0.1) is 0 Å². The predicted molar refractivity (Wildman–Crippen MR) is 348 cm³/mol. The van der Waals surface area contributed by atoms with Gasteiger partial charge in [-0.25, -0.2) is 19.9 Å². The molecule has 6 rings (SSSR count). The largest absolute Gasteiger partial charge is 0.457 e. The van der Waals surface area contributed by atoms with Crippen LogP contribution < -0.4 is 4.74 Å². The fraction of sp³-hybridized carbons (Fsp3) is 0.737. The molecule has 0 radical (unpaired) electrons. The third-order valence-electron chi connectivity index (χ3n) is 19.1. The monoisotopic (exact) mass is 1110 g/mol. The van der Waals surface area contributed by atoms with Crippen LogP contribution in [0.25, 0.3) is 0 Å². The topological polar surface area (TPSA) is 60.8 Å². The first-order chi connectivity index (χ1) is 40.0. The molecule has 5 nitrogen and oxygen atoms in total. The van der Waals surface area contributed by atoms with Gasteiger partial charge in [0.25, 0.3) is 0 Å². The summed E-state index contributed by atoms with van der Waals surface area (Å²) in [6.45, 7) is 9.23. The van der Waals surface area contributed by atoms with Crippen molar-refractivity contribution in [3.05, 3.63) is 106 Å². The molecule has 2 aromatic carbocycles. The highest BCUT2D eigenvalue weighted by molar-refractivity contribution is 5.45. The van der Waals surface area contributed by atoms with Gasteiger partial charge in [0.2, 0.25) is 0 Å². The van der Waals surface area contributed by atoms with E-state index in [4.69, 9.17) is 24.7 Å².